The second-order valence-electron chi connectivity index (χ2n) is 7.41. The van der Waals surface area contributed by atoms with E-state index in [0.717, 1.165) is 44.0 Å². The van der Waals surface area contributed by atoms with Crippen molar-refractivity contribution < 1.29 is 23.2 Å². The molecule has 0 bridgehead atoms. The molecule has 0 spiro atoms. The van der Waals surface area contributed by atoms with E-state index in [1.54, 1.807) is 18.9 Å². The van der Waals surface area contributed by atoms with Crippen LogP contribution in [-0.4, -0.2) is 55.8 Å². The topological polar surface area (TPSA) is 117 Å². The number of para-hydroxylation sites is 1. The van der Waals surface area contributed by atoms with Crippen LogP contribution in [0.1, 0.15) is 40.5 Å². The average Bonchev–Trinajstić information content (AvgIpc) is 3.30. The van der Waals surface area contributed by atoms with E-state index in [2.05, 4.69) is 49.4 Å². The third-order valence-corrected chi connectivity index (χ3v) is 3.86. The first-order valence-electron chi connectivity index (χ1n) is 10.3. The molecule has 1 atom stereocenters. The third kappa shape index (κ3) is 14.7. The molecule has 1 heterocycles. The molecule has 11 heteroatoms. The van der Waals surface area contributed by atoms with Gasteiger partial charge in [0.15, 0.2) is 0 Å². The Morgan fingerprint density at radius 2 is 1.59 bits per heavy atom. The van der Waals surface area contributed by atoms with Crippen LogP contribution in [0.25, 0.3) is 0 Å². The Bertz CT molecular complexity index is 652. The Morgan fingerprint density at radius 3 is 2.00 bits per heavy atom. The summed E-state index contributed by atoms with van der Waals surface area (Å²) in [6, 6.07) is 3.10. The van der Waals surface area contributed by atoms with Gasteiger partial charge < -0.3 is 20.9 Å². The molecule has 0 aliphatic carbocycles. The summed E-state index contributed by atoms with van der Waals surface area (Å²) < 4.78 is 25.2. The predicted molar refractivity (Wildman–Crippen MR) is 127 cm³/mol. The molecule has 32 heavy (non-hydrogen) atoms. The molecule has 0 aromatic heterocycles. The highest BCUT2D eigenvalue weighted by Gasteiger charge is 2.19. The number of halogens is 2. The Hall–Kier alpha value is -2.24. The number of benzene rings is 1. The number of nitrogens with one attached hydrogen (secondary N) is 3. The van der Waals surface area contributed by atoms with Gasteiger partial charge in [-0.3, -0.25) is 19.5 Å². The molecular weight excluding hydrogens is 440 g/mol. The number of nitrogens with zero attached hydrogens (tertiary/aromatic N) is 1. The van der Waals surface area contributed by atoms with Gasteiger partial charge in [0, 0.05) is 13.1 Å². The van der Waals surface area contributed by atoms with Gasteiger partial charge in [-0.15, -0.1) is 12.8 Å². The van der Waals surface area contributed by atoms with Gasteiger partial charge in [0.1, 0.15) is 17.3 Å². The zero-order valence-electron chi connectivity index (χ0n) is 19.5. The van der Waals surface area contributed by atoms with Crippen molar-refractivity contribution in [2.24, 2.45) is 11.1 Å². The van der Waals surface area contributed by atoms with E-state index in [4.69, 9.17) is 0 Å². The SMILES string of the molecule is CC(C)C.CNC(C)C(=O)NCC(=O)N1CCCC1.NS.O=CNc1c(F)cccc1F. The highest BCUT2D eigenvalue weighted by molar-refractivity contribution is 7.77. The van der Waals surface area contributed by atoms with Crippen molar-refractivity contribution in [1.82, 2.24) is 15.5 Å². The van der Waals surface area contributed by atoms with Crippen LogP contribution in [-0.2, 0) is 14.4 Å². The zero-order valence-corrected chi connectivity index (χ0v) is 20.3. The predicted octanol–water partition coefficient (Wildman–Crippen LogP) is 2.32. The smallest absolute Gasteiger partial charge is 0.241 e. The van der Waals surface area contributed by atoms with Gasteiger partial charge in [-0.1, -0.05) is 26.8 Å². The lowest BCUT2D eigenvalue weighted by Crippen LogP contribution is -2.45. The fourth-order valence-electron chi connectivity index (χ4n) is 2.22. The first-order chi connectivity index (χ1) is 15.1. The van der Waals surface area contributed by atoms with Crippen LogP contribution in [0.15, 0.2) is 18.2 Å². The van der Waals surface area contributed by atoms with Crippen LogP contribution in [0.3, 0.4) is 0 Å². The number of thiol groups is 1. The van der Waals surface area contributed by atoms with Gasteiger partial charge in [-0.05, 0) is 44.9 Å². The molecule has 1 saturated heterocycles. The van der Waals surface area contributed by atoms with E-state index in [0.29, 0.717) is 0 Å². The first kappa shape index (κ1) is 31.9. The number of hydrogen-bond acceptors (Lipinski definition) is 6. The second kappa shape index (κ2) is 19.4. The summed E-state index contributed by atoms with van der Waals surface area (Å²) in [7, 11) is 1.71. The molecular formula is C21H37F2N5O3S. The number of amides is 3. The van der Waals surface area contributed by atoms with Crippen LogP contribution in [0.5, 0.6) is 0 Å². The summed E-state index contributed by atoms with van der Waals surface area (Å²) in [5.41, 5.74) is -0.414. The molecule has 2 rings (SSSR count). The molecule has 1 aromatic rings. The largest absolute Gasteiger partial charge is 0.346 e. The number of carbonyl (C=O) groups is 3. The Kier molecular flexibility index (Phi) is 19.4. The fourth-order valence-corrected chi connectivity index (χ4v) is 2.22. The maximum Gasteiger partial charge on any atom is 0.241 e. The average molecular weight is 478 g/mol. The normalized spacial score (nSPS) is 12.8. The highest BCUT2D eigenvalue weighted by Crippen LogP contribution is 2.16. The number of likely N-dealkylation sites (tertiary alicyclic amines) is 1. The van der Waals surface area contributed by atoms with Crippen molar-refractivity contribution in [2.75, 3.05) is 32.0 Å². The van der Waals surface area contributed by atoms with Crippen molar-refractivity contribution >= 4 is 36.7 Å². The van der Waals surface area contributed by atoms with Gasteiger partial charge in [-0.2, -0.15) is 0 Å². The van der Waals surface area contributed by atoms with Crippen LogP contribution in [0.2, 0.25) is 0 Å². The minimum atomic E-state index is -0.780. The summed E-state index contributed by atoms with van der Waals surface area (Å²) in [5.74, 6) is -0.844. The molecule has 1 unspecified atom stereocenters. The van der Waals surface area contributed by atoms with Crippen molar-refractivity contribution in [3.05, 3.63) is 29.8 Å². The van der Waals surface area contributed by atoms with Crippen molar-refractivity contribution in [3.8, 4) is 0 Å². The Labute approximate surface area is 195 Å². The monoisotopic (exact) mass is 477 g/mol. The van der Waals surface area contributed by atoms with E-state index < -0.39 is 17.3 Å². The molecule has 1 fully saturated rings. The maximum absolute atomic E-state index is 12.6. The fraction of sp³-hybridized carbons (Fsp3) is 0.571. The molecule has 1 aromatic carbocycles. The number of carbonyl (C=O) groups excluding carboxylic acids is 3. The minimum absolute atomic E-state index is 0.0177. The van der Waals surface area contributed by atoms with Gasteiger partial charge in [0.2, 0.25) is 18.2 Å². The van der Waals surface area contributed by atoms with E-state index in [9.17, 15) is 23.2 Å². The number of anilines is 1. The lowest BCUT2D eigenvalue weighted by molar-refractivity contribution is -0.132. The van der Waals surface area contributed by atoms with E-state index in [1.165, 1.54) is 6.07 Å². The van der Waals surface area contributed by atoms with Gasteiger partial charge >= 0.3 is 0 Å². The number of hydrogen-bond donors (Lipinski definition) is 5. The van der Waals surface area contributed by atoms with E-state index >= 15 is 0 Å². The summed E-state index contributed by atoms with van der Waals surface area (Å²) in [5, 5.41) is 11.5. The molecule has 0 radical (unpaired) electrons. The quantitative estimate of drug-likeness (QED) is 0.319. The second-order valence-corrected chi connectivity index (χ2v) is 7.41. The third-order valence-electron chi connectivity index (χ3n) is 3.86. The number of rotatable bonds is 6. The summed E-state index contributed by atoms with van der Waals surface area (Å²) >= 11 is 3.03. The van der Waals surface area contributed by atoms with Crippen molar-refractivity contribution in [1.29, 1.82) is 0 Å². The summed E-state index contributed by atoms with van der Waals surface area (Å²) in [6.07, 6.45) is 2.38. The molecule has 1 aliphatic heterocycles. The molecule has 0 saturated carbocycles. The maximum atomic E-state index is 12.6. The van der Waals surface area contributed by atoms with Gasteiger partial charge in [0.25, 0.3) is 0 Å². The van der Waals surface area contributed by atoms with Gasteiger partial charge in [-0.25, -0.2) is 8.78 Å². The summed E-state index contributed by atoms with van der Waals surface area (Å²) in [4.78, 5) is 34.5. The lowest BCUT2D eigenvalue weighted by Gasteiger charge is -2.16. The number of likely N-dealkylation sites (N-methyl/N-ethyl adjacent to an activating group) is 1. The van der Waals surface area contributed by atoms with Crippen LogP contribution >= 0.6 is 12.8 Å². The van der Waals surface area contributed by atoms with E-state index in [1.807, 2.05) is 5.32 Å². The van der Waals surface area contributed by atoms with Crippen molar-refractivity contribution in [3.63, 3.8) is 0 Å². The lowest BCUT2D eigenvalue weighted by atomic mass is 10.3. The minimum Gasteiger partial charge on any atom is -0.346 e. The zero-order chi connectivity index (χ0) is 25.1. The first-order valence-corrected chi connectivity index (χ1v) is 10.8. The molecule has 184 valence electrons. The van der Waals surface area contributed by atoms with Crippen molar-refractivity contribution in [2.45, 2.75) is 46.6 Å². The molecule has 1 aliphatic rings. The molecule has 5 N–H and O–H groups in total. The summed E-state index contributed by atoms with van der Waals surface area (Å²) in [6.45, 7) is 10.0. The standard InChI is InChI=1S/C10H19N3O2.C7H5F2NO.C4H10.H3NS/c1-8(11-2)10(15)12-7-9(14)13-5-3-4-6-13;8-5-2-1-3-6(9)7(5)10-4-11;1-4(2)3;1-2/h8,11H,3-7H2,1-2H3,(H,12,15);1-4H,(H,10,11);4H,1-3H3;2H,1H2. The van der Waals surface area contributed by atoms with E-state index in [-0.39, 0.29) is 30.8 Å². The van der Waals surface area contributed by atoms with Crippen LogP contribution in [0, 0.1) is 17.6 Å². The highest BCUT2D eigenvalue weighted by atomic mass is 32.1. The molecule has 3 amide bonds. The van der Waals surface area contributed by atoms with Gasteiger partial charge in [0.05, 0.1) is 12.6 Å². The Balaban J connectivity index is 0. The molecule has 8 nitrogen and oxygen atoms in total. The number of nitrogens with two attached hydrogens (primary N) is 1. The van der Waals surface area contributed by atoms with Crippen LogP contribution in [0.4, 0.5) is 14.5 Å². The Morgan fingerprint density at radius 1 is 1.12 bits per heavy atom. The van der Waals surface area contributed by atoms with Crippen LogP contribution < -0.4 is 21.1 Å².